The molecule has 1 aromatic rings. The number of pyridine rings is 1. The Labute approximate surface area is 104 Å². The predicted octanol–water partition coefficient (Wildman–Crippen LogP) is 2.61. The van der Waals surface area contributed by atoms with Gasteiger partial charge in [-0.3, -0.25) is 4.98 Å². The third-order valence-electron chi connectivity index (χ3n) is 3.70. The SMILES string of the molecule is CCC(C)(C)c1ccc(N2CCOCC2)cn1. The zero-order chi connectivity index (χ0) is 12.3. The van der Waals surface area contributed by atoms with Crippen LogP contribution in [0.1, 0.15) is 32.9 Å². The van der Waals surface area contributed by atoms with Crippen LogP contribution in [0.2, 0.25) is 0 Å². The first kappa shape index (κ1) is 12.4. The van der Waals surface area contributed by atoms with Gasteiger partial charge in [0.2, 0.25) is 0 Å². The minimum atomic E-state index is 0.170. The topological polar surface area (TPSA) is 25.4 Å². The Balaban J connectivity index is 2.12. The summed E-state index contributed by atoms with van der Waals surface area (Å²) in [6, 6.07) is 4.35. The van der Waals surface area contributed by atoms with Gasteiger partial charge in [-0.15, -0.1) is 0 Å². The molecule has 0 N–H and O–H groups in total. The molecule has 1 aliphatic heterocycles. The molecule has 1 saturated heterocycles. The van der Waals surface area contributed by atoms with E-state index in [1.165, 1.54) is 11.4 Å². The van der Waals surface area contributed by atoms with E-state index in [2.05, 4.69) is 42.8 Å². The summed E-state index contributed by atoms with van der Waals surface area (Å²) < 4.78 is 5.35. The second-order valence-corrected chi connectivity index (χ2v) is 5.24. The highest BCUT2D eigenvalue weighted by molar-refractivity contribution is 5.45. The van der Waals surface area contributed by atoms with Crippen molar-refractivity contribution in [1.29, 1.82) is 0 Å². The van der Waals surface area contributed by atoms with E-state index in [1.807, 2.05) is 6.20 Å². The number of ether oxygens (including phenoxy) is 1. The van der Waals surface area contributed by atoms with E-state index in [-0.39, 0.29) is 5.41 Å². The Morgan fingerprint density at radius 2 is 2.00 bits per heavy atom. The molecule has 0 unspecified atom stereocenters. The molecule has 1 fully saturated rings. The van der Waals surface area contributed by atoms with Gasteiger partial charge >= 0.3 is 0 Å². The number of hydrogen-bond acceptors (Lipinski definition) is 3. The summed E-state index contributed by atoms with van der Waals surface area (Å²) in [6.45, 7) is 10.3. The molecule has 94 valence electrons. The summed E-state index contributed by atoms with van der Waals surface area (Å²) in [5.41, 5.74) is 2.56. The molecule has 0 aliphatic carbocycles. The van der Waals surface area contributed by atoms with Crippen LogP contribution >= 0.6 is 0 Å². The number of nitrogens with zero attached hydrogens (tertiary/aromatic N) is 2. The van der Waals surface area contributed by atoms with Crippen LogP contribution in [0.15, 0.2) is 18.3 Å². The summed E-state index contributed by atoms with van der Waals surface area (Å²) in [7, 11) is 0. The van der Waals surface area contributed by atoms with E-state index < -0.39 is 0 Å². The van der Waals surface area contributed by atoms with Gasteiger partial charge in [-0.25, -0.2) is 0 Å². The Morgan fingerprint density at radius 1 is 1.29 bits per heavy atom. The van der Waals surface area contributed by atoms with Crippen molar-refractivity contribution in [3.05, 3.63) is 24.0 Å². The molecule has 0 amide bonds. The number of morpholine rings is 1. The van der Waals surface area contributed by atoms with E-state index in [9.17, 15) is 0 Å². The molecule has 0 bridgehead atoms. The van der Waals surface area contributed by atoms with Crippen molar-refractivity contribution in [2.75, 3.05) is 31.2 Å². The van der Waals surface area contributed by atoms with Gasteiger partial charge in [-0.2, -0.15) is 0 Å². The third-order valence-corrected chi connectivity index (χ3v) is 3.70. The summed E-state index contributed by atoms with van der Waals surface area (Å²) in [5, 5.41) is 0. The molecule has 0 saturated carbocycles. The van der Waals surface area contributed by atoms with Crippen molar-refractivity contribution in [2.45, 2.75) is 32.6 Å². The minimum Gasteiger partial charge on any atom is -0.378 e. The van der Waals surface area contributed by atoms with E-state index in [0.717, 1.165) is 32.7 Å². The lowest BCUT2D eigenvalue weighted by atomic mass is 9.86. The largest absolute Gasteiger partial charge is 0.378 e. The van der Waals surface area contributed by atoms with Gasteiger partial charge in [-0.05, 0) is 18.6 Å². The highest BCUT2D eigenvalue weighted by Gasteiger charge is 2.20. The number of anilines is 1. The second kappa shape index (κ2) is 5.05. The van der Waals surface area contributed by atoms with Gasteiger partial charge < -0.3 is 9.64 Å². The van der Waals surface area contributed by atoms with Gasteiger partial charge in [0.15, 0.2) is 0 Å². The highest BCUT2D eigenvalue weighted by atomic mass is 16.5. The number of aromatic nitrogens is 1. The lowest BCUT2D eigenvalue weighted by Gasteiger charge is -2.29. The van der Waals surface area contributed by atoms with Crippen LogP contribution in [0.3, 0.4) is 0 Å². The van der Waals surface area contributed by atoms with Gasteiger partial charge in [0.25, 0.3) is 0 Å². The van der Waals surface area contributed by atoms with Crippen LogP contribution in [-0.4, -0.2) is 31.3 Å². The molecular weight excluding hydrogens is 212 g/mol. The Morgan fingerprint density at radius 3 is 2.53 bits per heavy atom. The van der Waals surface area contributed by atoms with Gasteiger partial charge in [-0.1, -0.05) is 20.8 Å². The number of rotatable bonds is 3. The fraction of sp³-hybridized carbons (Fsp3) is 0.643. The van der Waals surface area contributed by atoms with Crippen molar-refractivity contribution in [2.24, 2.45) is 0 Å². The molecule has 1 aromatic heterocycles. The van der Waals surface area contributed by atoms with Crippen molar-refractivity contribution in [3.63, 3.8) is 0 Å². The molecule has 1 aliphatic rings. The van der Waals surface area contributed by atoms with Crippen LogP contribution in [0.4, 0.5) is 5.69 Å². The molecular formula is C14H22N2O. The maximum atomic E-state index is 5.35. The second-order valence-electron chi connectivity index (χ2n) is 5.24. The first-order valence-corrected chi connectivity index (χ1v) is 6.43. The van der Waals surface area contributed by atoms with E-state index in [4.69, 9.17) is 4.74 Å². The minimum absolute atomic E-state index is 0.170. The standard InChI is InChI=1S/C14H22N2O/c1-4-14(2,3)13-6-5-12(11-15-13)16-7-9-17-10-8-16/h5-6,11H,4,7-10H2,1-3H3. The summed E-state index contributed by atoms with van der Waals surface area (Å²) in [4.78, 5) is 6.95. The first-order chi connectivity index (χ1) is 8.13. The van der Waals surface area contributed by atoms with Crippen LogP contribution in [0.25, 0.3) is 0 Å². The Bertz CT molecular complexity index is 353. The predicted molar refractivity (Wildman–Crippen MR) is 70.6 cm³/mol. The van der Waals surface area contributed by atoms with Crippen molar-refractivity contribution in [1.82, 2.24) is 4.98 Å². The van der Waals surface area contributed by atoms with Gasteiger partial charge in [0.05, 0.1) is 25.1 Å². The van der Waals surface area contributed by atoms with Gasteiger partial charge in [0.1, 0.15) is 0 Å². The fourth-order valence-electron chi connectivity index (χ4n) is 1.98. The van der Waals surface area contributed by atoms with Crippen molar-refractivity contribution >= 4 is 5.69 Å². The molecule has 0 atom stereocenters. The molecule has 0 aromatic carbocycles. The monoisotopic (exact) mass is 234 g/mol. The molecule has 3 nitrogen and oxygen atoms in total. The number of hydrogen-bond donors (Lipinski definition) is 0. The lowest BCUT2D eigenvalue weighted by Crippen LogP contribution is -2.36. The molecule has 0 spiro atoms. The Hall–Kier alpha value is -1.09. The van der Waals surface area contributed by atoms with E-state index in [0.29, 0.717) is 0 Å². The normalized spacial score (nSPS) is 17.2. The Kier molecular flexibility index (Phi) is 3.67. The molecule has 3 heteroatoms. The quantitative estimate of drug-likeness (QED) is 0.804. The summed E-state index contributed by atoms with van der Waals surface area (Å²) in [6.07, 6.45) is 3.11. The van der Waals surface area contributed by atoms with Crippen molar-refractivity contribution in [3.8, 4) is 0 Å². The summed E-state index contributed by atoms with van der Waals surface area (Å²) >= 11 is 0. The smallest absolute Gasteiger partial charge is 0.0642 e. The summed E-state index contributed by atoms with van der Waals surface area (Å²) in [5.74, 6) is 0. The zero-order valence-corrected chi connectivity index (χ0v) is 11.1. The van der Waals surface area contributed by atoms with Crippen LogP contribution < -0.4 is 4.90 Å². The molecule has 2 heterocycles. The van der Waals surface area contributed by atoms with Crippen LogP contribution in [0, 0.1) is 0 Å². The van der Waals surface area contributed by atoms with E-state index >= 15 is 0 Å². The first-order valence-electron chi connectivity index (χ1n) is 6.43. The van der Waals surface area contributed by atoms with Crippen LogP contribution in [-0.2, 0) is 10.2 Å². The average molecular weight is 234 g/mol. The fourth-order valence-corrected chi connectivity index (χ4v) is 1.98. The maximum absolute atomic E-state index is 5.35. The van der Waals surface area contributed by atoms with Crippen LogP contribution in [0.5, 0.6) is 0 Å². The zero-order valence-electron chi connectivity index (χ0n) is 11.1. The molecule has 17 heavy (non-hydrogen) atoms. The van der Waals surface area contributed by atoms with E-state index in [1.54, 1.807) is 0 Å². The third kappa shape index (κ3) is 2.78. The highest BCUT2D eigenvalue weighted by Crippen LogP contribution is 2.26. The van der Waals surface area contributed by atoms with Gasteiger partial charge in [0, 0.05) is 24.2 Å². The maximum Gasteiger partial charge on any atom is 0.0642 e. The average Bonchev–Trinajstić information content (AvgIpc) is 2.40. The molecule has 2 rings (SSSR count). The molecule has 0 radical (unpaired) electrons. The van der Waals surface area contributed by atoms with Crippen molar-refractivity contribution < 1.29 is 4.74 Å². The lowest BCUT2D eigenvalue weighted by molar-refractivity contribution is 0.122.